The van der Waals surface area contributed by atoms with Crippen molar-refractivity contribution in [1.82, 2.24) is 0 Å². The van der Waals surface area contributed by atoms with E-state index in [0.717, 1.165) is 0 Å². The van der Waals surface area contributed by atoms with Gasteiger partial charge in [0.15, 0.2) is 5.57 Å². The monoisotopic (exact) mass is 271 g/mol. The summed E-state index contributed by atoms with van der Waals surface area (Å²) in [4.78, 5) is 0. The first-order valence-corrected chi connectivity index (χ1v) is 7.25. The van der Waals surface area contributed by atoms with E-state index < -0.39 is 0 Å². The van der Waals surface area contributed by atoms with Crippen LogP contribution in [-0.4, -0.2) is 0 Å². The fourth-order valence-electron chi connectivity index (χ4n) is 3.04. The van der Waals surface area contributed by atoms with Crippen molar-refractivity contribution in [2.75, 3.05) is 0 Å². The highest BCUT2D eigenvalue weighted by Crippen LogP contribution is 2.34. The van der Waals surface area contributed by atoms with Crippen LogP contribution in [0.25, 0.3) is 17.7 Å². The lowest BCUT2D eigenvalue weighted by atomic mass is 9.85. The van der Waals surface area contributed by atoms with Gasteiger partial charge in [-0.15, -0.1) is 0 Å². The standard InChI is InChI=1S/C21H19/c1-5-17-9-10-21-19(16(17)4)7-6-8-20(21)18-12-14(2)11-15(3)13-18/h5-7,9-13H,1H2,2-4H3/q+1. The molecule has 0 aliphatic heterocycles. The van der Waals surface area contributed by atoms with Crippen molar-refractivity contribution in [3.63, 3.8) is 0 Å². The maximum absolute atomic E-state index is 3.89. The predicted octanol–water partition coefficient (Wildman–Crippen LogP) is 5.52. The van der Waals surface area contributed by atoms with Crippen LogP contribution < -0.4 is 0 Å². The highest BCUT2D eigenvalue weighted by molar-refractivity contribution is 5.89. The molecule has 1 aliphatic carbocycles. The molecule has 0 amide bonds. The predicted molar refractivity (Wildman–Crippen MR) is 92.0 cm³/mol. The quantitative estimate of drug-likeness (QED) is 0.631. The molecule has 0 N–H and O–H groups in total. The van der Waals surface area contributed by atoms with E-state index in [-0.39, 0.29) is 0 Å². The summed E-state index contributed by atoms with van der Waals surface area (Å²) in [5.74, 6) is 0. The Kier molecular flexibility index (Phi) is 3.33. The van der Waals surface area contributed by atoms with Crippen molar-refractivity contribution < 1.29 is 0 Å². The van der Waals surface area contributed by atoms with Crippen LogP contribution >= 0.6 is 0 Å². The number of fused-ring (bicyclic) bond motifs is 1. The SMILES string of the molecule is C=Cc1ccc2c(c1C)C=C[C+]=C2c1cc(C)cc(C)c1. The van der Waals surface area contributed by atoms with Gasteiger partial charge >= 0.3 is 0 Å². The van der Waals surface area contributed by atoms with E-state index in [1.165, 1.54) is 44.5 Å². The summed E-state index contributed by atoms with van der Waals surface area (Å²) in [6.07, 6.45) is 9.51. The fraction of sp³-hybridized carbons (Fsp3) is 0.143. The molecule has 0 atom stereocenters. The molecule has 0 heterocycles. The molecule has 3 rings (SSSR count). The minimum Gasteiger partial charge on any atom is -0.0985 e. The molecule has 2 aromatic carbocycles. The van der Waals surface area contributed by atoms with E-state index in [2.05, 4.69) is 69.8 Å². The van der Waals surface area contributed by atoms with Crippen LogP contribution in [0.2, 0.25) is 0 Å². The largest absolute Gasteiger partial charge is 0.163 e. The number of rotatable bonds is 2. The Balaban J connectivity index is 2.20. The first kappa shape index (κ1) is 13.5. The maximum atomic E-state index is 3.89. The third kappa shape index (κ3) is 2.35. The normalized spacial score (nSPS) is 12.4. The zero-order valence-corrected chi connectivity index (χ0v) is 12.8. The Bertz CT molecular complexity index is 766. The summed E-state index contributed by atoms with van der Waals surface area (Å²) in [5.41, 5.74) is 10.00. The number of allylic oxidation sites excluding steroid dienone is 2. The van der Waals surface area contributed by atoms with E-state index >= 15 is 0 Å². The molecule has 0 radical (unpaired) electrons. The molecule has 0 saturated carbocycles. The molecule has 0 fully saturated rings. The van der Waals surface area contributed by atoms with Gasteiger partial charge in [0.1, 0.15) is 0 Å². The molecule has 0 saturated heterocycles. The summed E-state index contributed by atoms with van der Waals surface area (Å²) in [6.45, 7) is 10.3. The third-order valence-corrected chi connectivity index (χ3v) is 4.03. The molecule has 1 aliphatic rings. The van der Waals surface area contributed by atoms with Gasteiger partial charge in [0.25, 0.3) is 0 Å². The van der Waals surface area contributed by atoms with Gasteiger partial charge in [0.05, 0.1) is 22.8 Å². The lowest BCUT2D eigenvalue weighted by molar-refractivity contribution is 1.34. The summed E-state index contributed by atoms with van der Waals surface area (Å²) in [5, 5.41) is 0. The van der Waals surface area contributed by atoms with Gasteiger partial charge in [-0.25, -0.2) is 0 Å². The topological polar surface area (TPSA) is 0 Å². The molecule has 21 heavy (non-hydrogen) atoms. The summed E-state index contributed by atoms with van der Waals surface area (Å²) >= 11 is 0. The maximum Gasteiger partial charge on any atom is 0.163 e. The molecule has 2 aromatic rings. The molecule has 0 aromatic heterocycles. The average Bonchev–Trinajstić information content (AvgIpc) is 2.46. The lowest BCUT2D eigenvalue weighted by Crippen LogP contribution is -1.99. The molecule has 0 nitrogen and oxygen atoms in total. The number of benzene rings is 2. The van der Waals surface area contributed by atoms with Gasteiger partial charge in [0.2, 0.25) is 0 Å². The third-order valence-electron chi connectivity index (χ3n) is 4.03. The fourth-order valence-corrected chi connectivity index (χ4v) is 3.04. The van der Waals surface area contributed by atoms with Gasteiger partial charge in [-0.2, -0.15) is 0 Å². The Morgan fingerprint density at radius 2 is 1.71 bits per heavy atom. The van der Waals surface area contributed by atoms with Crippen molar-refractivity contribution in [3.8, 4) is 0 Å². The van der Waals surface area contributed by atoms with Crippen LogP contribution in [0, 0.1) is 26.8 Å². The van der Waals surface area contributed by atoms with Gasteiger partial charge in [-0.3, -0.25) is 0 Å². The van der Waals surface area contributed by atoms with Crippen LogP contribution in [0.5, 0.6) is 0 Å². The van der Waals surface area contributed by atoms with Crippen molar-refractivity contribution in [2.45, 2.75) is 20.8 Å². The van der Waals surface area contributed by atoms with E-state index in [1.54, 1.807) is 0 Å². The summed E-state index contributed by atoms with van der Waals surface area (Å²) in [7, 11) is 0. The minimum atomic E-state index is 1.18. The zero-order chi connectivity index (χ0) is 15.0. The minimum absolute atomic E-state index is 1.18. The van der Waals surface area contributed by atoms with E-state index in [4.69, 9.17) is 0 Å². The van der Waals surface area contributed by atoms with Crippen LogP contribution in [0.3, 0.4) is 0 Å². The van der Waals surface area contributed by atoms with Crippen LogP contribution in [0.4, 0.5) is 0 Å². The number of hydrogen-bond donors (Lipinski definition) is 0. The molecular formula is C21H19+. The molecule has 0 spiro atoms. The first-order valence-electron chi connectivity index (χ1n) is 7.25. The van der Waals surface area contributed by atoms with Gasteiger partial charge in [0, 0.05) is 12.2 Å². The first-order chi connectivity index (χ1) is 10.1. The number of aryl methyl sites for hydroxylation is 2. The second-order valence-electron chi connectivity index (χ2n) is 5.67. The molecule has 0 heteroatoms. The van der Waals surface area contributed by atoms with Crippen molar-refractivity contribution in [1.29, 1.82) is 0 Å². The molecular weight excluding hydrogens is 252 g/mol. The zero-order valence-electron chi connectivity index (χ0n) is 12.8. The van der Waals surface area contributed by atoms with E-state index in [9.17, 15) is 0 Å². The van der Waals surface area contributed by atoms with Crippen LogP contribution in [-0.2, 0) is 0 Å². The molecule has 0 unspecified atom stereocenters. The van der Waals surface area contributed by atoms with Gasteiger partial charge < -0.3 is 0 Å². The Labute approximate surface area is 127 Å². The smallest absolute Gasteiger partial charge is 0.0985 e. The van der Waals surface area contributed by atoms with Gasteiger partial charge in [-0.1, -0.05) is 18.7 Å². The van der Waals surface area contributed by atoms with Crippen molar-refractivity contribution in [3.05, 3.63) is 88.0 Å². The van der Waals surface area contributed by atoms with E-state index in [1.807, 2.05) is 12.2 Å². The van der Waals surface area contributed by atoms with Crippen molar-refractivity contribution >= 4 is 17.7 Å². The lowest BCUT2D eigenvalue weighted by Gasteiger charge is -2.11. The Hall–Kier alpha value is -2.43. The summed E-state index contributed by atoms with van der Waals surface area (Å²) in [6, 6.07) is 11.0. The summed E-state index contributed by atoms with van der Waals surface area (Å²) < 4.78 is 0. The average molecular weight is 271 g/mol. The highest BCUT2D eigenvalue weighted by atomic mass is 14.2. The van der Waals surface area contributed by atoms with Gasteiger partial charge in [-0.05, 0) is 67.3 Å². The molecule has 102 valence electrons. The second kappa shape index (κ2) is 5.16. The van der Waals surface area contributed by atoms with Crippen LogP contribution in [0.15, 0.2) is 43.0 Å². The number of hydrogen-bond acceptors (Lipinski definition) is 0. The van der Waals surface area contributed by atoms with Crippen LogP contribution in [0.1, 0.15) is 38.9 Å². The molecule has 0 bridgehead atoms. The van der Waals surface area contributed by atoms with E-state index in [0.29, 0.717) is 0 Å². The Morgan fingerprint density at radius 1 is 1.00 bits per heavy atom. The second-order valence-corrected chi connectivity index (χ2v) is 5.67. The van der Waals surface area contributed by atoms with Crippen molar-refractivity contribution in [2.24, 2.45) is 0 Å². The highest BCUT2D eigenvalue weighted by Gasteiger charge is 2.23. The Morgan fingerprint density at radius 3 is 2.38 bits per heavy atom.